The van der Waals surface area contributed by atoms with E-state index in [2.05, 4.69) is 0 Å². The van der Waals surface area contributed by atoms with Crippen LogP contribution in [-0.4, -0.2) is 28.7 Å². The molecule has 1 aromatic rings. The van der Waals surface area contributed by atoms with Crippen molar-refractivity contribution in [3.8, 4) is 5.75 Å². The lowest BCUT2D eigenvalue weighted by atomic mass is 9.86. The summed E-state index contributed by atoms with van der Waals surface area (Å²) < 4.78 is 5.95. The van der Waals surface area contributed by atoms with Crippen molar-refractivity contribution in [2.75, 3.05) is 11.5 Å². The summed E-state index contributed by atoms with van der Waals surface area (Å²) >= 11 is 1.95. The Kier molecular flexibility index (Phi) is 4.97. The third kappa shape index (κ3) is 4.17. The van der Waals surface area contributed by atoms with Crippen LogP contribution in [0, 0.1) is 5.41 Å². The number of benzene rings is 1. The predicted octanol–water partition coefficient (Wildman–Crippen LogP) is 3.61. The largest absolute Gasteiger partial charge is 0.490 e. The summed E-state index contributed by atoms with van der Waals surface area (Å²) in [5.74, 6) is 2.42. The minimum atomic E-state index is -0.767. The highest BCUT2D eigenvalue weighted by Gasteiger charge is 2.27. The van der Waals surface area contributed by atoms with Gasteiger partial charge in [0, 0.05) is 5.75 Å². The number of carboxylic acid groups (broad SMARTS) is 1. The Balaban J connectivity index is 1.94. The highest BCUT2D eigenvalue weighted by molar-refractivity contribution is 7.99. The van der Waals surface area contributed by atoms with Gasteiger partial charge in [-0.25, -0.2) is 0 Å². The summed E-state index contributed by atoms with van der Waals surface area (Å²) in [5.41, 5.74) is 0.297. The maximum absolute atomic E-state index is 11.1. The van der Waals surface area contributed by atoms with Crippen LogP contribution in [0.5, 0.6) is 5.75 Å². The number of rotatable bonds is 5. The molecule has 1 N–H and O–H groups in total. The maximum atomic E-state index is 11.1. The van der Waals surface area contributed by atoms with Crippen LogP contribution < -0.4 is 4.74 Å². The van der Waals surface area contributed by atoms with E-state index in [1.807, 2.05) is 36.0 Å². The minimum absolute atomic E-state index is 0.315. The van der Waals surface area contributed by atoms with Gasteiger partial charge in [-0.05, 0) is 56.6 Å². The van der Waals surface area contributed by atoms with E-state index in [0.29, 0.717) is 12.5 Å². The molecule has 0 spiro atoms. The van der Waals surface area contributed by atoms with Crippen LogP contribution in [0.1, 0.15) is 32.3 Å². The van der Waals surface area contributed by atoms with E-state index in [-0.39, 0.29) is 0 Å². The summed E-state index contributed by atoms with van der Waals surface area (Å²) in [6, 6.07) is 7.84. The summed E-state index contributed by atoms with van der Waals surface area (Å²) in [7, 11) is 0. The highest BCUT2D eigenvalue weighted by Crippen LogP contribution is 2.25. The van der Waals surface area contributed by atoms with E-state index in [9.17, 15) is 4.79 Å². The van der Waals surface area contributed by atoms with Crippen molar-refractivity contribution < 1.29 is 14.6 Å². The Morgan fingerprint density at radius 2 is 2.10 bits per heavy atom. The molecule has 1 aliphatic heterocycles. The lowest BCUT2D eigenvalue weighted by molar-refractivity contribution is -0.146. The smallest absolute Gasteiger partial charge is 0.309 e. The van der Waals surface area contributed by atoms with Crippen molar-refractivity contribution in [1.82, 2.24) is 0 Å². The van der Waals surface area contributed by atoms with Gasteiger partial charge in [-0.3, -0.25) is 4.79 Å². The Labute approximate surface area is 124 Å². The topological polar surface area (TPSA) is 46.5 Å². The molecule has 0 radical (unpaired) electrons. The molecule has 0 aliphatic carbocycles. The Morgan fingerprint density at radius 1 is 1.40 bits per heavy atom. The number of ether oxygens (including phenoxy) is 1. The molecule has 2 rings (SSSR count). The molecule has 1 saturated heterocycles. The van der Waals surface area contributed by atoms with Gasteiger partial charge < -0.3 is 9.84 Å². The number of carbonyl (C=O) groups is 1. The van der Waals surface area contributed by atoms with Crippen molar-refractivity contribution in [3.05, 3.63) is 29.8 Å². The van der Waals surface area contributed by atoms with Crippen LogP contribution in [0.25, 0.3) is 0 Å². The van der Waals surface area contributed by atoms with Crippen LogP contribution in [0.4, 0.5) is 0 Å². The minimum Gasteiger partial charge on any atom is -0.490 e. The zero-order valence-corrected chi connectivity index (χ0v) is 12.9. The number of carboxylic acids is 1. The predicted molar refractivity (Wildman–Crippen MR) is 82.5 cm³/mol. The van der Waals surface area contributed by atoms with Crippen molar-refractivity contribution in [2.45, 2.75) is 39.2 Å². The molecule has 1 fully saturated rings. The second-order valence-electron chi connectivity index (χ2n) is 5.97. The third-order valence-corrected chi connectivity index (χ3v) is 4.75. The van der Waals surface area contributed by atoms with E-state index >= 15 is 0 Å². The molecule has 1 heterocycles. The third-order valence-electron chi connectivity index (χ3n) is 3.57. The molecule has 110 valence electrons. The van der Waals surface area contributed by atoms with Crippen LogP contribution >= 0.6 is 11.8 Å². The van der Waals surface area contributed by atoms with Gasteiger partial charge >= 0.3 is 5.97 Å². The van der Waals surface area contributed by atoms with Gasteiger partial charge in [-0.2, -0.15) is 11.8 Å². The van der Waals surface area contributed by atoms with Gasteiger partial charge in [0.1, 0.15) is 11.9 Å². The zero-order chi connectivity index (χ0) is 14.6. The summed E-state index contributed by atoms with van der Waals surface area (Å²) in [5, 5.41) is 9.15. The molecular weight excluding hydrogens is 272 g/mol. The first-order valence-corrected chi connectivity index (χ1v) is 8.19. The van der Waals surface area contributed by atoms with Crippen LogP contribution in [0.2, 0.25) is 0 Å². The molecule has 1 aliphatic rings. The van der Waals surface area contributed by atoms with Gasteiger partial charge in [-0.15, -0.1) is 0 Å². The van der Waals surface area contributed by atoms with E-state index < -0.39 is 11.4 Å². The van der Waals surface area contributed by atoms with Crippen molar-refractivity contribution >= 4 is 17.7 Å². The van der Waals surface area contributed by atoms with Crippen molar-refractivity contribution in [1.29, 1.82) is 0 Å². The number of hydrogen-bond donors (Lipinski definition) is 1. The second kappa shape index (κ2) is 6.53. The van der Waals surface area contributed by atoms with E-state index in [4.69, 9.17) is 9.84 Å². The number of thioether (sulfide) groups is 1. The fourth-order valence-electron chi connectivity index (χ4n) is 2.27. The Hall–Kier alpha value is -1.16. The first-order valence-electron chi connectivity index (χ1n) is 7.04. The molecule has 0 bridgehead atoms. The van der Waals surface area contributed by atoms with Gasteiger partial charge in [0.15, 0.2) is 0 Å². The van der Waals surface area contributed by atoms with E-state index in [1.165, 1.54) is 12.2 Å². The van der Waals surface area contributed by atoms with Gasteiger partial charge in [-0.1, -0.05) is 12.1 Å². The quantitative estimate of drug-likeness (QED) is 0.901. The van der Waals surface area contributed by atoms with Gasteiger partial charge in [0.2, 0.25) is 0 Å². The maximum Gasteiger partial charge on any atom is 0.309 e. The average molecular weight is 294 g/mol. The molecule has 0 saturated carbocycles. The number of aliphatic carboxylic acids is 1. The average Bonchev–Trinajstić information content (AvgIpc) is 2.42. The second-order valence-corrected chi connectivity index (χ2v) is 7.12. The molecule has 3 nitrogen and oxygen atoms in total. The molecule has 20 heavy (non-hydrogen) atoms. The van der Waals surface area contributed by atoms with E-state index in [0.717, 1.165) is 23.5 Å². The van der Waals surface area contributed by atoms with Gasteiger partial charge in [0.05, 0.1) is 5.41 Å². The molecule has 0 aromatic heterocycles. The van der Waals surface area contributed by atoms with Crippen LogP contribution in [0.15, 0.2) is 24.3 Å². The SMILES string of the molecule is CC(C)(Cc1ccc(OC2CCCSC2)cc1)C(=O)O. The molecular formula is C16H22O3S. The monoisotopic (exact) mass is 294 g/mol. The first kappa shape index (κ1) is 15.2. The fraction of sp³-hybridized carbons (Fsp3) is 0.562. The van der Waals surface area contributed by atoms with E-state index in [1.54, 1.807) is 13.8 Å². The molecule has 1 unspecified atom stereocenters. The van der Waals surface area contributed by atoms with Crippen LogP contribution in [0.3, 0.4) is 0 Å². The summed E-state index contributed by atoms with van der Waals surface area (Å²) in [6.07, 6.45) is 3.19. The zero-order valence-electron chi connectivity index (χ0n) is 12.1. The molecule has 1 aromatic carbocycles. The molecule has 4 heteroatoms. The standard InChI is InChI=1S/C16H22O3S/c1-16(2,15(17)18)10-12-5-7-13(8-6-12)19-14-4-3-9-20-11-14/h5-8,14H,3-4,9-11H2,1-2H3,(H,17,18). The summed E-state index contributed by atoms with van der Waals surface area (Å²) in [4.78, 5) is 11.1. The Morgan fingerprint density at radius 3 is 2.65 bits per heavy atom. The molecule has 0 amide bonds. The number of hydrogen-bond acceptors (Lipinski definition) is 3. The van der Waals surface area contributed by atoms with Crippen molar-refractivity contribution in [2.24, 2.45) is 5.41 Å². The summed E-state index contributed by atoms with van der Waals surface area (Å²) in [6.45, 7) is 3.50. The normalized spacial score (nSPS) is 19.6. The highest BCUT2D eigenvalue weighted by atomic mass is 32.2. The lowest BCUT2D eigenvalue weighted by Gasteiger charge is -2.23. The van der Waals surface area contributed by atoms with Gasteiger partial charge in [0.25, 0.3) is 0 Å². The Bertz CT molecular complexity index is 447. The lowest BCUT2D eigenvalue weighted by Crippen LogP contribution is -2.26. The first-order chi connectivity index (χ1) is 9.47. The fourth-order valence-corrected chi connectivity index (χ4v) is 3.30. The van der Waals surface area contributed by atoms with Crippen LogP contribution in [-0.2, 0) is 11.2 Å². The molecule has 1 atom stereocenters. The van der Waals surface area contributed by atoms with Crippen molar-refractivity contribution in [3.63, 3.8) is 0 Å².